The number of anilines is 2. The zero-order chi connectivity index (χ0) is 18.3. The molecule has 136 valence electrons. The molecule has 0 unspecified atom stereocenters. The van der Waals surface area contributed by atoms with E-state index in [0.29, 0.717) is 23.4 Å². The Bertz CT molecular complexity index is 923. The van der Waals surface area contributed by atoms with Gasteiger partial charge in [0.2, 0.25) is 0 Å². The number of fused-ring (bicyclic) bond motifs is 1. The second-order valence-electron chi connectivity index (χ2n) is 7.25. The summed E-state index contributed by atoms with van der Waals surface area (Å²) in [5, 5.41) is 0. The number of H-pyrrole nitrogens is 1. The molecule has 1 fully saturated rings. The van der Waals surface area contributed by atoms with Crippen molar-refractivity contribution in [1.82, 2.24) is 24.8 Å². The van der Waals surface area contributed by atoms with Gasteiger partial charge in [0.1, 0.15) is 5.82 Å². The molecule has 4 rings (SSSR count). The van der Waals surface area contributed by atoms with Crippen LogP contribution in [0.15, 0.2) is 24.4 Å². The third-order valence-electron chi connectivity index (χ3n) is 5.17. The lowest BCUT2D eigenvalue weighted by molar-refractivity contribution is 0.249. The number of nitrogens with one attached hydrogen (secondary N) is 1. The molecule has 3 aromatic rings. The van der Waals surface area contributed by atoms with Crippen molar-refractivity contribution in [3.05, 3.63) is 30.0 Å². The molecule has 0 bridgehead atoms. The van der Waals surface area contributed by atoms with Gasteiger partial charge in [0.25, 0.3) is 0 Å². The Morgan fingerprint density at radius 1 is 1.19 bits per heavy atom. The average Bonchev–Trinajstić information content (AvgIpc) is 3.05. The highest BCUT2D eigenvalue weighted by Gasteiger charge is 2.23. The number of nitrogens with two attached hydrogens (primary N) is 1. The van der Waals surface area contributed by atoms with Gasteiger partial charge >= 0.3 is 0 Å². The smallest absolute Gasteiger partial charge is 0.161 e. The van der Waals surface area contributed by atoms with Gasteiger partial charge in [-0.05, 0) is 51.6 Å². The number of piperidine rings is 1. The van der Waals surface area contributed by atoms with Crippen molar-refractivity contribution < 1.29 is 0 Å². The summed E-state index contributed by atoms with van der Waals surface area (Å²) in [4.78, 5) is 21.7. The van der Waals surface area contributed by atoms with Crippen molar-refractivity contribution in [2.24, 2.45) is 0 Å². The summed E-state index contributed by atoms with van der Waals surface area (Å²) in [5.41, 5.74) is 9.80. The van der Waals surface area contributed by atoms with Crippen LogP contribution in [0, 0.1) is 6.92 Å². The number of nitrogens with zero attached hydrogens (tertiary/aromatic N) is 5. The minimum Gasteiger partial charge on any atom is -0.382 e. The standard InChI is InChI=1S/C19H25N7/c1-12-4-5-14-15(10-12)23-19(22-14)17-18(20)21-11-16(24-17)26-8-6-13(7-9-26)25(2)3/h4-5,10-11,13H,6-9H2,1-3H3,(H2,20,21)(H,22,23). The van der Waals surface area contributed by atoms with Crippen LogP contribution in [-0.2, 0) is 0 Å². The largest absolute Gasteiger partial charge is 0.382 e. The molecule has 26 heavy (non-hydrogen) atoms. The summed E-state index contributed by atoms with van der Waals surface area (Å²) < 4.78 is 0. The fraction of sp³-hybridized carbons (Fsp3) is 0.421. The van der Waals surface area contributed by atoms with Gasteiger partial charge in [0, 0.05) is 19.1 Å². The summed E-state index contributed by atoms with van der Waals surface area (Å²) in [6.45, 7) is 4.01. The Kier molecular flexibility index (Phi) is 4.24. The molecule has 7 nitrogen and oxygen atoms in total. The number of aryl methyl sites for hydroxylation is 1. The molecule has 1 saturated heterocycles. The predicted octanol–water partition coefficient (Wildman–Crippen LogP) is 2.44. The van der Waals surface area contributed by atoms with E-state index >= 15 is 0 Å². The van der Waals surface area contributed by atoms with Gasteiger partial charge in [0.05, 0.1) is 17.2 Å². The zero-order valence-corrected chi connectivity index (χ0v) is 15.5. The maximum Gasteiger partial charge on any atom is 0.161 e. The van der Waals surface area contributed by atoms with Crippen molar-refractivity contribution in [2.45, 2.75) is 25.8 Å². The lowest BCUT2D eigenvalue weighted by atomic mass is 10.0. The van der Waals surface area contributed by atoms with Gasteiger partial charge in [-0.15, -0.1) is 0 Å². The summed E-state index contributed by atoms with van der Waals surface area (Å²) >= 11 is 0. The molecule has 1 aliphatic heterocycles. The van der Waals surface area contributed by atoms with Crippen LogP contribution in [0.3, 0.4) is 0 Å². The first-order valence-electron chi connectivity index (χ1n) is 9.02. The van der Waals surface area contributed by atoms with Crippen LogP contribution in [-0.4, -0.2) is 58.1 Å². The van der Waals surface area contributed by atoms with Gasteiger partial charge in [0.15, 0.2) is 17.3 Å². The molecule has 0 radical (unpaired) electrons. The molecule has 1 aromatic carbocycles. The minimum atomic E-state index is 0.396. The highest BCUT2D eigenvalue weighted by molar-refractivity contribution is 5.81. The first kappa shape index (κ1) is 16.8. The Balaban J connectivity index is 1.64. The monoisotopic (exact) mass is 351 g/mol. The Morgan fingerprint density at radius 3 is 2.69 bits per heavy atom. The summed E-state index contributed by atoms with van der Waals surface area (Å²) in [6, 6.07) is 6.76. The van der Waals surface area contributed by atoms with Gasteiger partial charge in [-0.2, -0.15) is 0 Å². The van der Waals surface area contributed by atoms with E-state index in [4.69, 9.17) is 10.7 Å². The number of rotatable bonds is 3. The maximum absolute atomic E-state index is 6.11. The number of benzene rings is 1. The van der Waals surface area contributed by atoms with Crippen LogP contribution in [0.2, 0.25) is 0 Å². The average molecular weight is 351 g/mol. The van der Waals surface area contributed by atoms with E-state index in [1.54, 1.807) is 6.20 Å². The van der Waals surface area contributed by atoms with Crippen molar-refractivity contribution in [1.29, 1.82) is 0 Å². The molecule has 0 atom stereocenters. The van der Waals surface area contributed by atoms with Gasteiger partial charge < -0.3 is 20.5 Å². The van der Waals surface area contributed by atoms with E-state index in [2.05, 4.69) is 51.8 Å². The number of hydrogen-bond acceptors (Lipinski definition) is 6. The van der Waals surface area contributed by atoms with Gasteiger partial charge in [-0.1, -0.05) is 6.07 Å². The van der Waals surface area contributed by atoms with E-state index in [0.717, 1.165) is 42.8 Å². The van der Waals surface area contributed by atoms with E-state index in [1.807, 2.05) is 12.1 Å². The van der Waals surface area contributed by atoms with Crippen LogP contribution in [0.4, 0.5) is 11.6 Å². The molecular weight excluding hydrogens is 326 g/mol. The normalized spacial score (nSPS) is 15.9. The van der Waals surface area contributed by atoms with E-state index < -0.39 is 0 Å². The van der Waals surface area contributed by atoms with Crippen molar-refractivity contribution in [3.8, 4) is 11.5 Å². The van der Waals surface area contributed by atoms with Crippen LogP contribution >= 0.6 is 0 Å². The van der Waals surface area contributed by atoms with E-state index in [-0.39, 0.29) is 0 Å². The molecule has 3 N–H and O–H groups in total. The molecule has 0 aliphatic carbocycles. The Hall–Kier alpha value is -2.67. The first-order valence-corrected chi connectivity index (χ1v) is 9.02. The summed E-state index contributed by atoms with van der Waals surface area (Å²) in [6.07, 6.45) is 4.01. The van der Waals surface area contributed by atoms with Crippen LogP contribution in [0.25, 0.3) is 22.6 Å². The minimum absolute atomic E-state index is 0.396. The van der Waals surface area contributed by atoms with Crippen LogP contribution < -0.4 is 10.6 Å². The molecular formula is C19H25N7. The number of imidazole rings is 1. The third kappa shape index (κ3) is 3.10. The van der Waals surface area contributed by atoms with E-state index in [9.17, 15) is 0 Å². The number of hydrogen-bond donors (Lipinski definition) is 2. The van der Waals surface area contributed by atoms with E-state index in [1.165, 1.54) is 5.56 Å². The Labute approximate surface area is 153 Å². The molecule has 0 spiro atoms. The molecule has 0 amide bonds. The molecule has 7 heteroatoms. The quantitative estimate of drug-likeness (QED) is 0.754. The van der Waals surface area contributed by atoms with Gasteiger partial charge in [-0.3, -0.25) is 0 Å². The van der Waals surface area contributed by atoms with Crippen molar-refractivity contribution >= 4 is 22.7 Å². The molecule has 1 aliphatic rings. The third-order valence-corrected chi connectivity index (χ3v) is 5.17. The Morgan fingerprint density at radius 2 is 1.96 bits per heavy atom. The van der Waals surface area contributed by atoms with Gasteiger partial charge in [-0.25, -0.2) is 15.0 Å². The molecule has 0 saturated carbocycles. The fourth-order valence-corrected chi connectivity index (χ4v) is 3.56. The highest BCUT2D eigenvalue weighted by atomic mass is 15.2. The SMILES string of the molecule is Cc1ccc2nc(-c3nc(N4CCC(N(C)C)CC4)cnc3N)[nH]c2c1. The second-order valence-corrected chi connectivity index (χ2v) is 7.25. The van der Waals surface area contributed by atoms with Crippen molar-refractivity contribution in [3.63, 3.8) is 0 Å². The topological polar surface area (TPSA) is 87.0 Å². The molecule has 3 heterocycles. The second kappa shape index (κ2) is 6.57. The molecule has 2 aromatic heterocycles. The van der Waals surface area contributed by atoms with Crippen LogP contribution in [0.5, 0.6) is 0 Å². The highest BCUT2D eigenvalue weighted by Crippen LogP contribution is 2.27. The maximum atomic E-state index is 6.11. The zero-order valence-electron chi connectivity index (χ0n) is 15.5. The number of aromatic amines is 1. The summed E-state index contributed by atoms with van der Waals surface area (Å²) in [5.74, 6) is 1.93. The lowest BCUT2D eigenvalue weighted by Gasteiger charge is -2.35. The first-order chi connectivity index (χ1) is 12.5. The lowest BCUT2D eigenvalue weighted by Crippen LogP contribution is -2.42. The van der Waals surface area contributed by atoms with Crippen molar-refractivity contribution in [2.75, 3.05) is 37.8 Å². The summed E-state index contributed by atoms with van der Waals surface area (Å²) in [7, 11) is 4.29. The predicted molar refractivity (Wildman–Crippen MR) is 105 cm³/mol. The number of aromatic nitrogens is 4. The fourth-order valence-electron chi connectivity index (χ4n) is 3.56. The number of nitrogen functional groups attached to an aromatic ring is 1. The van der Waals surface area contributed by atoms with Crippen LogP contribution in [0.1, 0.15) is 18.4 Å².